The fourth-order valence-corrected chi connectivity index (χ4v) is 3.21. The third-order valence-corrected chi connectivity index (χ3v) is 4.14. The Balaban J connectivity index is 1.74. The van der Waals surface area contributed by atoms with Gasteiger partial charge in [-0.15, -0.1) is 0 Å². The van der Waals surface area contributed by atoms with E-state index in [-0.39, 0.29) is 5.76 Å². The Morgan fingerprint density at radius 1 is 1.44 bits per heavy atom. The predicted molar refractivity (Wildman–Crippen MR) is 63.8 cm³/mol. The zero-order valence-electron chi connectivity index (χ0n) is 9.15. The van der Waals surface area contributed by atoms with Gasteiger partial charge in [-0.2, -0.15) is 11.8 Å². The minimum atomic E-state index is -0.993. The molecule has 88 valence electrons. The van der Waals surface area contributed by atoms with Gasteiger partial charge in [-0.05, 0) is 36.6 Å². The maximum absolute atomic E-state index is 10.6. The molecule has 0 saturated heterocycles. The molecule has 0 amide bonds. The lowest BCUT2D eigenvalue weighted by atomic mass is 10.1. The van der Waals surface area contributed by atoms with E-state index in [4.69, 9.17) is 9.52 Å². The van der Waals surface area contributed by atoms with Crippen molar-refractivity contribution < 1.29 is 14.3 Å². The second-order valence-corrected chi connectivity index (χ2v) is 5.27. The normalized spacial score (nSPS) is 16.8. The van der Waals surface area contributed by atoms with Crippen molar-refractivity contribution in [3.63, 3.8) is 0 Å². The second kappa shape index (κ2) is 5.43. The van der Waals surface area contributed by atoms with E-state index in [1.54, 1.807) is 6.07 Å². The van der Waals surface area contributed by atoms with Crippen LogP contribution in [0.3, 0.4) is 0 Å². The molecule has 0 unspecified atom stereocenters. The van der Waals surface area contributed by atoms with E-state index in [0.29, 0.717) is 0 Å². The molecule has 16 heavy (non-hydrogen) atoms. The minimum absolute atomic E-state index is 0.0384. The number of thioether (sulfide) groups is 1. The molecular formula is C12H16O3S. The van der Waals surface area contributed by atoms with Crippen molar-refractivity contribution in [2.75, 3.05) is 5.75 Å². The van der Waals surface area contributed by atoms with Gasteiger partial charge in [0.2, 0.25) is 5.76 Å². The van der Waals surface area contributed by atoms with Gasteiger partial charge in [0.05, 0.1) is 5.75 Å². The van der Waals surface area contributed by atoms with E-state index in [1.807, 2.05) is 11.8 Å². The van der Waals surface area contributed by atoms with Crippen LogP contribution in [0.15, 0.2) is 16.5 Å². The van der Waals surface area contributed by atoms with Crippen LogP contribution in [0.5, 0.6) is 0 Å². The summed E-state index contributed by atoms with van der Waals surface area (Å²) in [4.78, 5) is 10.6. The van der Waals surface area contributed by atoms with Crippen molar-refractivity contribution in [3.8, 4) is 0 Å². The maximum Gasteiger partial charge on any atom is 0.371 e. The van der Waals surface area contributed by atoms with Crippen LogP contribution in [0.25, 0.3) is 0 Å². The lowest BCUT2D eigenvalue weighted by molar-refractivity contribution is 0.0661. The summed E-state index contributed by atoms with van der Waals surface area (Å²) in [5.74, 6) is 2.62. The molecule has 4 heteroatoms. The Morgan fingerprint density at radius 3 is 2.81 bits per heavy atom. The van der Waals surface area contributed by atoms with Crippen molar-refractivity contribution >= 4 is 17.7 Å². The number of aromatic carboxylic acids is 1. The second-order valence-electron chi connectivity index (χ2n) is 4.24. The van der Waals surface area contributed by atoms with Crippen LogP contribution in [0.1, 0.15) is 42.0 Å². The molecule has 1 aliphatic carbocycles. The average Bonchev–Trinajstić information content (AvgIpc) is 2.87. The maximum atomic E-state index is 10.6. The summed E-state index contributed by atoms with van der Waals surface area (Å²) < 4.78 is 5.19. The van der Waals surface area contributed by atoms with Crippen LogP contribution >= 0.6 is 11.8 Å². The molecule has 1 N–H and O–H groups in total. The molecule has 1 heterocycles. The first-order valence-electron chi connectivity index (χ1n) is 5.65. The van der Waals surface area contributed by atoms with Crippen molar-refractivity contribution in [1.29, 1.82) is 0 Å². The van der Waals surface area contributed by atoms with Crippen LogP contribution < -0.4 is 0 Å². The highest BCUT2D eigenvalue weighted by Gasteiger charge is 2.15. The van der Waals surface area contributed by atoms with Crippen molar-refractivity contribution in [2.24, 2.45) is 5.92 Å². The first kappa shape index (κ1) is 11.6. The van der Waals surface area contributed by atoms with Crippen LogP contribution in [-0.2, 0) is 5.75 Å². The van der Waals surface area contributed by atoms with Gasteiger partial charge in [0, 0.05) is 0 Å². The smallest absolute Gasteiger partial charge is 0.371 e. The summed E-state index contributed by atoms with van der Waals surface area (Å²) >= 11 is 1.84. The fraction of sp³-hybridized carbons (Fsp3) is 0.583. The number of carbonyl (C=O) groups is 1. The first-order chi connectivity index (χ1) is 7.75. The molecule has 1 saturated carbocycles. The molecule has 0 bridgehead atoms. The van der Waals surface area contributed by atoms with Gasteiger partial charge in [0.1, 0.15) is 5.76 Å². The number of furan rings is 1. The van der Waals surface area contributed by atoms with Gasteiger partial charge < -0.3 is 9.52 Å². The van der Waals surface area contributed by atoms with Gasteiger partial charge in [-0.3, -0.25) is 0 Å². The summed E-state index contributed by atoms with van der Waals surface area (Å²) in [6.45, 7) is 0. The van der Waals surface area contributed by atoms with Crippen molar-refractivity contribution in [3.05, 3.63) is 23.7 Å². The van der Waals surface area contributed by atoms with Crippen LogP contribution in [0.4, 0.5) is 0 Å². The Labute approximate surface area is 99.2 Å². The summed E-state index contributed by atoms with van der Waals surface area (Å²) in [5.41, 5.74) is 0. The van der Waals surface area contributed by atoms with E-state index in [2.05, 4.69) is 0 Å². The molecule has 3 nitrogen and oxygen atoms in total. The van der Waals surface area contributed by atoms with Gasteiger partial charge in [0.15, 0.2) is 0 Å². The van der Waals surface area contributed by atoms with Gasteiger partial charge >= 0.3 is 5.97 Å². The van der Waals surface area contributed by atoms with Crippen LogP contribution in [-0.4, -0.2) is 16.8 Å². The minimum Gasteiger partial charge on any atom is -0.475 e. The van der Waals surface area contributed by atoms with Gasteiger partial charge in [-0.1, -0.05) is 12.8 Å². The summed E-state index contributed by atoms with van der Waals surface area (Å²) in [5, 5.41) is 8.70. The standard InChI is InChI=1S/C12H16O3S/c13-12(14)11-6-5-10(15-11)8-16-7-9-3-1-2-4-9/h5-6,9H,1-4,7-8H2,(H,13,14). The van der Waals surface area contributed by atoms with Crippen molar-refractivity contribution in [2.45, 2.75) is 31.4 Å². The Kier molecular flexibility index (Phi) is 3.93. The molecule has 0 atom stereocenters. The molecule has 1 fully saturated rings. The molecule has 1 aromatic rings. The number of hydrogen-bond donors (Lipinski definition) is 1. The highest BCUT2D eigenvalue weighted by molar-refractivity contribution is 7.98. The third kappa shape index (κ3) is 3.04. The van der Waals surface area contributed by atoms with E-state index in [0.717, 1.165) is 17.4 Å². The van der Waals surface area contributed by atoms with Gasteiger partial charge in [0.25, 0.3) is 0 Å². The van der Waals surface area contributed by atoms with Gasteiger partial charge in [-0.25, -0.2) is 4.79 Å². The zero-order valence-corrected chi connectivity index (χ0v) is 9.96. The van der Waals surface area contributed by atoms with E-state index >= 15 is 0 Å². The van der Waals surface area contributed by atoms with E-state index < -0.39 is 5.97 Å². The molecule has 0 aliphatic heterocycles. The molecular weight excluding hydrogens is 224 g/mol. The SMILES string of the molecule is O=C(O)c1ccc(CSCC2CCCC2)o1. The van der Waals surface area contributed by atoms with Crippen molar-refractivity contribution in [1.82, 2.24) is 0 Å². The quantitative estimate of drug-likeness (QED) is 0.857. The monoisotopic (exact) mass is 240 g/mol. The molecule has 0 aromatic carbocycles. The molecule has 1 aliphatic rings. The lowest BCUT2D eigenvalue weighted by Gasteiger charge is -2.06. The molecule has 0 radical (unpaired) electrons. The Bertz CT molecular complexity index is 353. The summed E-state index contributed by atoms with van der Waals surface area (Å²) in [7, 11) is 0. The predicted octanol–water partition coefficient (Wildman–Crippen LogP) is 3.40. The summed E-state index contributed by atoms with van der Waals surface area (Å²) in [6, 6.07) is 3.28. The van der Waals surface area contributed by atoms with Crippen LogP contribution in [0, 0.1) is 5.92 Å². The first-order valence-corrected chi connectivity index (χ1v) is 6.81. The average molecular weight is 240 g/mol. The molecule has 2 rings (SSSR count). The number of rotatable bonds is 5. The third-order valence-electron chi connectivity index (χ3n) is 2.95. The molecule has 1 aromatic heterocycles. The zero-order chi connectivity index (χ0) is 11.4. The van der Waals surface area contributed by atoms with E-state index in [1.165, 1.54) is 37.5 Å². The lowest BCUT2D eigenvalue weighted by Crippen LogP contribution is -1.96. The topological polar surface area (TPSA) is 50.4 Å². The number of carboxylic acids is 1. The largest absolute Gasteiger partial charge is 0.475 e. The number of hydrogen-bond acceptors (Lipinski definition) is 3. The Hall–Kier alpha value is -0.900. The highest BCUT2D eigenvalue weighted by Crippen LogP contribution is 2.29. The highest BCUT2D eigenvalue weighted by atomic mass is 32.2. The number of carboxylic acid groups (broad SMARTS) is 1. The fourth-order valence-electron chi connectivity index (χ4n) is 2.07. The Morgan fingerprint density at radius 2 is 2.19 bits per heavy atom. The van der Waals surface area contributed by atoms with Crippen LogP contribution in [0.2, 0.25) is 0 Å². The van der Waals surface area contributed by atoms with E-state index in [9.17, 15) is 4.79 Å². The summed E-state index contributed by atoms with van der Waals surface area (Å²) in [6.07, 6.45) is 5.45. The molecule has 0 spiro atoms.